The molecule has 0 amide bonds. The monoisotopic (exact) mass is 271 g/mol. The molecule has 7 heteroatoms. The Balaban J connectivity index is 4.91. The lowest BCUT2D eigenvalue weighted by atomic mass is 9.97. The van der Waals surface area contributed by atoms with Gasteiger partial charge >= 0.3 is 0 Å². The van der Waals surface area contributed by atoms with Gasteiger partial charge in [-0.1, -0.05) is 12.0 Å². The van der Waals surface area contributed by atoms with Gasteiger partial charge in [0.05, 0.1) is 25.4 Å². The summed E-state index contributed by atoms with van der Waals surface area (Å²) in [4.78, 5) is 2.89. The molecule has 19 heavy (non-hydrogen) atoms. The zero-order valence-corrected chi connectivity index (χ0v) is 12.9. The van der Waals surface area contributed by atoms with Crippen LogP contribution in [-0.4, -0.2) is 45.0 Å². The minimum Gasteiger partial charge on any atom is -0.376 e. The summed E-state index contributed by atoms with van der Waals surface area (Å²) in [5.41, 5.74) is 7.69. The Morgan fingerprint density at radius 2 is 1.63 bits per heavy atom. The molecular formula is C12H26BN3O3. The molecule has 0 fully saturated rings. The fourth-order valence-electron chi connectivity index (χ4n) is 1.32. The van der Waals surface area contributed by atoms with E-state index in [9.17, 15) is 0 Å². The highest BCUT2D eigenvalue weighted by atomic mass is 16.6. The van der Waals surface area contributed by atoms with Gasteiger partial charge in [0.1, 0.15) is 7.85 Å². The zero-order chi connectivity index (χ0) is 14.9. The summed E-state index contributed by atoms with van der Waals surface area (Å²) in [7, 11) is 1.94. The molecule has 0 unspecified atom stereocenters. The van der Waals surface area contributed by atoms with E-state index in [-0.39, 0.29) is 31.4 Å². The van der Waals surface area contributed by atoms with E-state index in [1.165, 1.54) is 0 Å². The normalized spacial score (nSPS) is 13.6. The van der Waals surface area contributed by atoms with Crippen molar-refractivity contribution in [3.05, 3.63) is 10.4 Å². The molecule has 0 aromatic heterocycles. The first kappa shape index (κ1) is 18.3. The Hall–Kier alpha value is -0.745. The van der Waals surface area contributed by atoms with Crippen LogP contribution >= 0.6 is 0 Å². The van der Waals surface area contributed by atoms with E-state index < -0.39 is 5.72 Å². The third kappa shape index (κ3) is 8.11. The van der Waals surface area contributed by atoms with E-state index >= 15 is 0 Å². The van der Waals surface area contributed by atoms with E-state index in [0.717, 1.165) is 6.42 Å². The minimum atomic E-state index is -1.10. The molecule has 0 aliphatic carbocycles. The topological polar surface area (TPSA) is 76.5 Å². The van der Waals surface area contributed by atoms with Crippen LogP contribution < -0.4 is 0 Å². The molecule has 0 aliphatic rings. The van der Waals surface area contributed by atoms with Crippen LogP contribution in [0.5, 0.6) is 0 Å². The summed E-state index contributed by atoms with van der Waals surface area (Å²) in [6.45, 7) is 10.1. The minimum absolute atomic E-state index is 0.0305. The Bertz CT molecular complexity index is 282. The van der Waals surface area contributed by atoms with Crippen LogP contribution in [0.4, 0.5) is 0 Å². The van der Waals surface area contributed by atoms with Gasteiger partial charge in [-0.05, 0) is 39.6 Å². The van der Waals surface area contributed by atoms with E-state index in [2.05, 4.69) is 10.0 Å². The second-order valence-electron chi connectivity index (χ2n) is 5.19. The summed E-state index contributed by atoms with van der Waals surface area (Å²) in [5, 5.41) is 3.80. The summed E-state index contributed by atoms with van der Waals surface area (Å²) in [5.74, 6) is 0. The van der Waals surface area contributed by atoms with Crippen LogP contribution in [-0.2, 0) is 14.2 Å². The van der Waals surface area contributed by atoms with Gasteiger partial charge in [0.15, 0.2) is 5.72 Å². The smallest absolute Gasteiger partial charge is 0.192 e. The van der Waals surface area contributed by atoms with Crippen molar-refractivity contribution < 1.29 is 14.2 Å². The number of azide groups is 1. The molecule has 1 atom stereocenters. The fourth-order valence-corrected chi connectivity index (χ4v) is 1.32. The maximum atomic E-state index is 8.79. The molecule has 0 aromatic rings. The van der Waals surface area contributed by atoms with Crippen molar-refractivity contribution in [2.24, 2.45) is 5.11 Å². The second kappa shape index (κ2) is 9.21. The molecular weight excluding hydrogens is 245 g/mol. The maximum absolute atomic E-state index is 8.79. The van der Waals surface area contributed by atoms with Crippen LogP contribution in [0.15, 0.2) is 5.11 Å². The lowest BCUT2D eigenvalue weighted by molar-refractivity contribution is -0.157. The van der Waals surface area contributed by atoms with Crippen molar-refractivity contribution in [2.45, 2.75) is 65.0 Å². The Labute approximate surface area is 116 Å². The van der Waals surface area contributed by atoms with Crippen LogP contribution in [0, 0.1) is 0 Å². The predicted molar refractivity (Wildman–Crippen MR) is 77.8 cm³/mol. The first-order valence-corrected chi connectivity index (χ1v) is 6.82. The van der Waals surface area contributed by atoms with E-state index in [0.29, 0.717) is 0 Å². The Morgan fingerprint density at radius 3 is 1.95 bits per heavy atom. The Kier molecular flexibility index (Phi) is 8.84. The summed E-state index contributed by atoms with van der Waals surface area (Å²) >= 11 is 0. The summed E-state index contributed by atoms with van der Waals surface area (Å²) in [6, 6.07) is -0.0305. The van der Waals surface area contributed by atoms with Gasteiger partial charge in [0.2, 0.25) is 0 Å². The van der Waals surface area contributed by atoms with Crippen molar-refractivity contribution in [3.8, 4) is 0 Å². The van der Waals surface area contributed by atoms with Crippen molar-refractivity contribution in [1.29, 1.82) is 0 Å². The maximum Gasteiger partial charge on any atom is 0.192 e. The lowest BCUT2D eigenvalue weighted by Crippen LogP contribution is -2.44. The number of nitrogens with zero attached hydrogens (tertiary/aromatic N) is 3. The molecule has 0 saturated carbocycles. The first-order chi connectivity index (χ1) is 8.85. The Morgan fingerprint density at radius 1 is 1.16 bits per heavy atom. The largest absolute Gasteiger partial charge is 0.376 e. The van der Waals surface area contributed by atoms with Crippen molar-refractivity contribution in [1.82, 2.24) is 0 Å². The van der Waals surface area contributed by atoms with Crippen LogP contribution in [0.3, 0.4) is 0 Å². The molecule has 0 heterocycles. The standard InChI is InChI=1S/C12H26BN3O3/c1-6-11(13)19-12(15-16-14,7-17-9(2)3)8-18-10(4)5/h9-11H,6-8,13H2,1-5H3/t11-/m1/s1. The van der Waals surface area contributed by atoms with Crippen molar-refractivity contribution >= 4 is 7.85 Å². The van der Waals surface area contributed by atoms with Crippen molar-refractivity contribution in [3.63, 3.8) is 0 Å². The molecule has 0 rings (SSSR count). The summed E-state index contributed by atoms with van der Waals surface area (Å²) < 4.78 is 17.0. The van der Waals surface area contributed by atoms with Crippen molar-refractivity contribution in [2.75, 3.05) is 13.2 Å². The quantitative estimate of drug-likeness (QED) is 0.264. The van der Waals surface area contributed by atoms with E-state index in [1.54, 1.807) is 0 Å². The third-order valence-electron chi connectivity index (χ3n) is 2.51. The predicted octanol–water partition coefficient (Wildman–Crippen LogP) is 2.23. The molecule has 0 saturated heterocycles. The van der Waals surface area contributed by atoms with Gasteiger partial charge in [0, 0.05) is 10.9 Å². The fraction of sp³-hybridized carbons (Fsp3) is 1.00. The van der Waals surface area contributed by atoms with Gasteiger partial charge in [-0.25, -0.2) is 0 Å². The number of rotatable bonds is 10. The molecule has 0 bridgehead atoms. The molecule has 0 aromatic carbocycles. The van der Waals surface area contributed by atoms with Crippen LogP contribution in [0.25, 0.3) is 10.4 Å². The third-order valence-corrected chi connectivity index (χ3v) is 2.51. The van der Waals surface area contributed by atoms with Gasteiger partial charge in [0.25, 0.3) is 0 Å². The number of ether oxygens (including phenoxy) is 3. The molecule has 0 spiro atoms. The van der Waals surface area contributed by atoms with Gasteiger partial charge < -0.3 is 14.2 Å². The number of hydrogen-bond donors (Lipinski definition) is 0. The van der Waals surface area contributed by atoms with E-state index in [4.69, 9.17) is 19.7 Å². The highest BCUT2D eigenvalue weighted by molar-refractivity contribution is 6.10. The molecule has 0 aliphatic heterocycles. The summed E-state index contributed by atoms with van der Waals surface area (Å²) in [6.07, 6.45) is 0.896. The van der Waals surface area contributed by atoms with Gasteiger partial charge in [-0.15, -0.1) is 0 Å². The van der Waals surface area contributed by atoms with Gasteiger partial charge in [-0.2, -0.15) is 0 Å². The molecule has 6 nitrogen and oxygen atoms in total. The highest BCUT2D eigenvalue weighted by Crippen LogP contribution is 2.20. The zero-order valence-electron chi connectivity index (χ0n) is 12.9. The number of hydrogen-bond acceptors (Lipinski definition) is 4. The first-order valence-electron chi connectivity index (χ1n) is 6.82. The lowest BCUT2D eigenvalue weighted by Gasteiger charge is -2.33. The molecule has 0 radical (unpaired) electrons. The van der Waals surface area contributed by atoms with Crippen LogP contribution in [0.2, 0.25) is 0 Å². The average Bonchev–Trinajstić information content (AvgIpc) is 2.34. The molecule has 110 valence electrons. The molecule has 0 N–H and O–H groups in total. The van der Waals surface area contributed by atoms with Crippen LogP contribution in [0.1, 0.15) is 41.0 Å². The SMILES string of the molecule is B[C@@H](CC)OC(COC(C)C)(COC(C)C)N=[N+]=[N-]. The van der Waals surface area contributed by atoms with Gasteiger partial charge in [-0.3, -0.25) is 0 Å². The highest BCUT2D eigenvalue weighted by Gasteiger charge is 2.33. The van der Waals surface area contributed by atoms with E-state index in [1.807, 2.05) is 42.5 Å². The average molecular weight is 271 g/mol. The second-order valence-corrected chi connectivity index (χ2v) is 5.19.